The van der Waals surface area contributed by atoms with Gasteiger partial charge >= 0.3 is 0 Å². The van der Waals surface area contributed by atoms with E-state index in [1.807, 2.05) is 0 Å². The van der Waals surface area contributed by atoms with Gasteiger partial charge in [-0.2, -0.15) is 0 Å². The first-order valence-electron chi connectivity index (χ1n) is 8.34. The highest BCUT2D eigenvalue weighted by atomic mass is 16.5. The number of rotatable bonds is 9. The quantitative estimate of drug-likeness (QED) is 0.656. The van der Waals surface area contributed by atoms with Gasteiger partial charge in [0.05, 0.1) is 13.2 Å². The Morgan fingerprint density at radius 2 is 1.65 bits per heavy atom. The van der Waals surface area contributed by atoms with Crippen LogP contribution in [0, 0.1) is 11.3 Å². The molecule has 1 aliphatic rings. The summed E-state index contributed by atoms with van der Waals surface area (Å²) in [4.78, 5) is 0. The molecule has 0 aliphatic heterocycles. The van der Waals surface area contributed by atoms with E-state index < -0.39 is 0 Å². The molecule has 0 spiro atoms. The summed E-state index contributed by atoms with van der Waals surface area (Å²) in [5, 5.41) is 3.72. The average molecular weight is 285 g/mol. The molecule has 0 aromatic heterocycles. The number of unbranched alkanes of at least 4 members (excludes halogenated alkanes) is 1. The van der Waals surface area contributed by atoms with Gasteiger partial charge in [-0.05, 0) is 56.4 Å². The molecule has 0 aromatic carbocycles. The summed E-state index contributed by atoms with van der Waals surface area (Å²) in [5.74, 6) is 0.912. The van der Waals surface area contributed by atoms with Crippen LogP contribution in [0.4, 0.5) is 0 Å². The lowest BCUT2D eigenvalue weighted by Crippen LogP contribution is -2.36. The maximum absolute atomic E-state index is 5.46. The molecule has 3 heteroatoms. The van der Waals surface area contributed by atoms with Gasteiger partial charge in [0.25, 0.3) is 0 Å². The Labute approximate surface area is 125 Å². The van der Waals surface area contributed by atoms with Crippen molar-refractivity contribution in [1.82, 2.24) is 5.32 Å². The van der Waals surface area contributed by atoms with Crippen molar-refractivity contribution in [1.29, 1.82) is 0 Å². The highest BCUT2D eigenvalue weighted by molar-refractivity contribution is 4.83. The molecule has 0 amide bonds. The van der Waals surface area contributed by atoms with Gasteiger partial charge in [0.2, 0.25) is 0 Å². The second kappa shape index (κ2) is 9.75. The smallest absolute Gasteiger partial charge is 0.0700 e. The fourth-order valence-electron chi connectivity index (χ4n) is 3.04. The van der Waals surface area contributed by atoms with Crippen molar-refractivity contribution in [2.75, 3.05) is 33.5 Å². The summed E-state index contributed by atoms with van der Waals surface area (Å²) in [7, 11) is 1.71. The van der Waals surface area contributed by atoms with E-state index in [4.69, 9.17) is 9.47 Å². The van der Waals surface area contributed by atoms with Crippen molar-refractivity contribution in [2.45, 2.75) is 65.3 Å². The Hall–Kier alpha value is -0.120. The third kappa shape index (κ3) is 7.61. The topological polar surface area (TPSA) is 30.5 Å². The minimum Gasteiger partial charge on any atom is -0.382 e. The second-order valence-corrected chi connectivity index (χ2v) is 7.18. The maximum atomic E-state index is 5.46. The third-order valence-electron chi connectivity index (χ3n) is 4.53. The number of hydrogen-bond acceptors (Lipinski definition) is 3. The fraction of sp³-hybridized carbons (Fsp3) is 1.00. The number of ether oxygens (including phenoxy) is 2. The monoisotopic (exact) mass is 285 g/mol. The Morgan fingerprint density at radius 1 is 0.950 bits per heavy atom. The Bertz CT molecular complexity index is 230. The van der Waals surface area contributed by atoms with Gasteiger partial charge in [0, 0.05) is 19.8 Å². The van der Waals surface area contributed by atoms with Crippen LogP contribution < -0.4 is 5.32 Å². The Morgan fingerprint density at radius 3 is 2.25 bits per heavy atom. The van der Waals surface area contributed by atoms with Crippen molar-refractivity contribution in [2.24, 2.45) is 11.3 Å². The summed E-state index contributed by atoms with van der Waals surface area (Å²) in [5.41, 5.74) is 0.491. The lowest BCUT2D eigenvalue weighted by Gasteiger charge is -2.37. The molecule has 0 unspecified atom stereocenters. The molecule has 0 bridgehead atoms. The van der Waals surface area contributed by atoms with Gasteiger partial charge in [0.15, 0.2) is 0 Å². The Kier molecular flexibility index (Phi) is 8.74. The molecule has 0 aromatic rings. The van der Waals surface area contributed by atoms with Gasteiger partial charge in [-0.1, -0.05) is 20.8 Å². The van der Waals surface area contributed by atoms with Gasteiger partial charge in [-0.15, -0.1) is 0 Å². The summed E-state index contributed by atoms with van der Waals surface area (Å²) in [6, 6.07) is 0.753. The number of hydrogen-bond donors (Lipinski definition) is 1. The zero-order chi connectivity index (χ0) is 14.8. The molecule has 0 saturated heterocycles. The lowest BCUT2D eigenvalue weighted by atomic mass is 9.71. The van der Waals surface area contributed by atoms with Crippen LogP contribution in [0.25, 0.3) is 0 Å². The molecule has 1 aliphatic carbocycles. The van der Waals surface area contributed by atoms with E-state index in [2.05, 4.69) is 26.1 Å². The van der Waals surface area contributed by atoms with Crippen LogP contribution in [-0.2, 0) is 9.47 Å². The summed E-state index contributed by atoms with van der Waals surface area (Å²) in [6.07, 6.45) is 7.85. The molecule has 1 fully saturated rings. The van der Waals surface area contributed by atoms with Crippen LogP contribution in [0.3, 0.4) is 0 Å². The van der Waals surface area contributed by atoms with Crippen molar-refractivity contribution in [3.05, 3.63) is 0 Å². The minimum absolute atomic E-state index is 0.491. The highest BCUT2D eigenvalue weighted by Gasteiger charge is 2.29. The summed E-state index contributed by atoms with van der Waals surface area (Å²) < 4.78 is 10.4. The molecule has 20 heavy (non-hydrogen) atoms. The van der Waals surface area contributed by atoms with Gasteiger partial charge in [0.1, 0.15) is 0 Å². The van der Waals surface area contributed by atoms with Gasteiger partial charge < -0.3 is 14.8 Å². The van der Waals surface area contributed by atoms with Crippen LogP contribution in [0.5, 0.6) is 0 Å². The zero-order valence-corrected chi connectivity index (χ0v) is 14.0. The maximum Gasteiger partial charge on any atom is 0.0700 e. The van der Waals surface area contributed by atoms with E-state index >= 15 is 0 Å². The molecule has 1 rings (SSSR count). The van der Waals surface area contributed by atoms with Crippen LogP contribution in [0.2, 0.25) is 0 Å². The largest absolute Gasteiger partial charge is 0.382 e. The standard InChI is InChI=1S/C17H35NO2/c1-17(2,3)15-7-9-16(10-8-15)18-11-5-6-12-20-14-13-19-4/h15-16,18H,5-14H2,1-4H3. The van der Waals surface area contributed by atoms with Gasteiger partial charge in [-0.3, -0.25) is 0 Å². The van der Waals surface area contributed by atoms with Crippen LogP contribution in [-0.4, -0.2) is 39.5 Å². The van der Waals surface area contributed by atoms with E-state index in [-0.39, 0.29) is 0 Å². The molecule has 0 atom stereocenters. The average Bonchev–Trinajstić information content (AvgIpc) is 2.41. The predicted molar refractivity (Wildman–Crippen MR) is 85.1 cm³/mol. The molecule has 3 nitrogen and oxygen atoms in total. The van der Waals surface area contributed by atoms with Crippen molar-refractivity contribution >= 4 is 0 Å². The number of nitrogens with one attached hydrogen (secondary N) is 1. The van der Waals surface area contributed by atoms with Crippen molar-refractivity contribution in [3.8, 4) is 0 Å². The summed E-state index contributed by atoms with van der Waals surface area (Å²) >= 11 is 0. The van der Waals surface area contributed by atoms with E-state index in [1.165, 1.54) is 32.1 Å². The minimum atomic E-state index is 0.491. The lowest BCUT2D eigenvalue weighted by molar-refractivity contribution is 0.0686. The molecule has 0 heterocycles. The first kappa shape index (κ1) is 17.9. The predicted octanol–water partition coefficient (Wildman–Crippen LogP) is 3.62. The molecular formula is C17H35NO2. The van der Waals surface area contributed by atoms with Crippen molar-refractivity contribution in [3.63, 3.8) is 0 Å². The first-order valence-corrected chi connectivity index (χ1v) is 8.34. The molecule has 1 N–H and O–H groups in total. The number of methoxy groups -OCH3 is 1. The zero-order valence-electron chi connectivity index (χ0n) is 14.0. The summed E-state index contributed by atoms with van der Waals surface area (Å²) in [6.45, 7) is 10.6. The third-order valence-corrected chi connectivity index (χ3v) is 4.53. The van der Waals surface area contributed by atoms with Gasteiger partial charge in [-0.25, -0.2) is 0 Å². The first-order chi connectivity index (χ1) is 9.54. The molecule has 0 radical (unpaired) electrons. The van der Waals surface area contributed by atoms with Crippen LogP contribution >= 0.6 is 0 Å². The van der Waals surface area contributed by atoms with E-state index in [0.717, 1.165) is 38.1 Å². The highest BCUT2D eigenvalue weighted by Crippen LogP contribution is 2.37. The molecule has 120 valence electrons. The SMILES string of the molecule is COCCOCCCCNC1CCC(C(C)(C)C)CC1. The van der Waals surface area contributed by atoms with Crippen LogP contribution in [0.15, 0.2) is 0 Å². The second-order valence-electron chi connectivity index (χ2n) is 7.18. The van der Waals surface area contributed by atoms with Crippen molar-refractivity contribution < 1.29 is 9.47 Å². The van der Waals surface area contributed by atoms with E-state index in [0.29, 0.717) is 12.0 Å². The fourth-order valence-corrected chi connectivity index (χ4v) is 3.04. The normalized spacial score (nSPS) is 24.0. The van der Waals surface area contributed by atoms with E-state index in [9.17, 15) is 0 Å². The van der Waals surface area contributed by atoms with Crippen LogP contribution in [0.1, 0.15) is 59.3 Å². The molecular weight excluding hydrogens is 250 g/mol. The van der Waals surface area contributed by atoms with E-state index in [1.54, 1.807) is 7.11 Å². The molecule has 1 saturated carbocycles. The Balaban J connectivity index is 1.94.